The zero-order chi connectivity index (χ0) is 15.0. The molecule has 3 atom stereocenters. The van der Waals surface area contributed by atoms with Crippen molar-refractivity contribution in [3.8, 4) is 11.8 Å². The van der Waals surface area contributed by atoms with Crippen LogP contribution in [0.3, 0.4) is 0 Å². The van der Waals surface area contributed by atoms with Crippen LogP contribution in [-0.4, -0.2) is 51.4 Å². The van der Waals surface area contributed by atoms with E-state index in [0.717, 1.165) is 0 Å². The van der Waals surface area contributed by atoms with E-state index >= 15 is 0 Å². The zero-order valence-corrected chi connectivity index (χ0v) is 10.3. The van der Waals surface area contributed by atoms with Crippen LogP contribution in [0.2, 0.25) is 0 Å². The molecule has 19 heavy (non-hydrogen) atoms. The van der Waals surface area contributed by atoms with E-state index < -0.39 is 36.0 Å². The van der Waals surface area contributed by atoms with Crippen molar-refractivity contribution in [3.63, 3.8) is 0 Å². The van der Waals surface area contributed by atoms with Gasteiger partial charge in [0, 0.05) is 6.42 Å². The van der Waals surface area contributed by atoms with E-state index in [1.54, 1.807) is 0 Å². The van der Waals surface area contributed by atoms with Crippen molar-refractivity contribution in [2.45, 2.75) is 38.0 Å². The Balaban J connectivity index is 4.44. The second-order valence-electron chi connectivity index (χ2n) is 3.71. The number of aliphatic hydroxyl groups is 1. The quantitative estimate of drug-likeness (QED) is 0.341. The van der Waals surface area contributed by atoms with Gasteiger partial charge in [0.05, 0.1) is 0 Å². The van der Waals surface area contributed by atoms with Crippen LogP contribution >= 0.6 is 0 Å². The van der Waals surface area contributed by atoms with Gasteiger partial charge in [0.15, 0.2) is 6.04 Å². The highest BCUT2D eigenvalue weighted by atomic mass is 16.4. The number of carboxylic acid groups (broad SMARTS) is 2. The molecule has 0 saturated carbocycles. The molecule has 0 bridgehead atoms. The van der Waals surface area contributed by atoms with Gasteiger partial charge in [-0.05, 0) is 13.3 Å². The summed E-state index contributed by atoms with van der Waals surface area (Å²) in [7, 11) is 0. The van der Waals surface area contributed by atoms with Gasteiger partial charge in [0.25, 0.3) is 0 Å². The molecule has 8 heteroatoms. The lowest BCUT2D eigenvalue weighted by atomic mass is 10.1. The van der Waals surface area contributed by atoms with Gasteiger partial charge in [-0.2, -0.15) is 0 Å². The Hall–Kier alpha value is -2.11. The third kappa shape index (κ3) is 6.40. The molecule has 0 radical (unpaired) electrons. The predicted molar refractivity (Wildman–Crippen MR) is 63.9 cm³/mol. The highest BCUT2D eigenvalue weighted by molar-refractivity contribution is 5.84. The molecule has 0 aromatic heterocycles. The number of carbonyl (C=O) groups is 3. The van der Waals surface area contributed by atoms with Crippen LogP contribution in [0.5, 0.6) is 0 Å². The SMILES string of the molecule is CC#CC(O)C(NC(=O)CCC(N)C(=O)O)C(=O)O. The monoisotopic (exact) mass is 272 g/mol. The number of carboxylic acids is 2. The van der Waals surface area contributed by atoms with Crippen molar-refractivity contribution < 1.29 is 29.7 Å². The van der Waals surface area contributed by atoms with Crippen molar-refractivity contribution in [3.05, 3.63) is 0 Å². The van der Waals surface area contributed by atoms with Crippen LogP contribution in [0.1, 0.15) is 19.8 Å². The van der Waals surface area contributed by atoms with Crippen LogP contribution in [0.25, 0.3) is 0 Å². The molecule has 8 nitrogen and oxygen atoms in total. The summed E-state index contributed by atoms with van der Waals surface area (Å²) >= 11 is 0. The van der Waals surface area contributed by atoms with Gasteiger partial charge in [-0.1, -0.05) is 5.92 Å². The van der Waals surface area contributed by atoms with Gasteiger partial charge in [0.2, 0.25) is 5.91 Å². The first-order chi connectivity index (χ1) is 8.79. The number of nitrogens with two attached hydrogens (primary N) is 1. The van der Waals surface area contributed by atoms with Gasteiger partial charge in [0.1, 0.15) is 12.1 Å². The maximum Gasteiger partial charge on any atom is 0.330 e. The summed E-state index contributed by atoms with van der Waals surface area (Å²) in [5, 5.41) is 28.8. The molecule has 0 rings (SSSR count). The lowest BCUT2D eigenvalue weighted by Gasteiger charge is -2.16. The van der Waals surface area contributed by atoms with Crippen LogP contribution in [-0.2, 0) is 14.4 Å². The summed E-state index contributed by atoms with van der Waals surface area (Å²) in [6.07, 6.45) is -1.94. The molecule has 0 aromatic carbocycles. The molecule has 3 unspecified atom stereocenters. The minimum absolute atomic E-state index is 0.136. The fraction of sp³-hybridized carbons (Fsp3) is 0.545. The Morgan fingerprint density at radius 3 is 2.26 bits per heavy atom. The van der Waals surface area contributed by atoms with E-state index in [1.807, 2.05) is 0 Å². The van der Waals surface area contributed by atoms with Crippen LogP contribution in [0.4, 0.5) is 0 Å². The van der Waals surface area contributed by atoms with Gasteiger partial charge < -0.3 is 26.4 Å². The minimum Gasteiger partial charge on any atom is -0.480 e. The molecular weight excluding hydrogens is 256 g/mol. The number of hydrogen-bond acceptors (Lipinski definition) is 5. The topological polar surface area (TPSA) is 150 Å². The fourth-order valence-corrected chi connectivity index (χ4v) is 1.16. The maximum atomic E-state index is 11.4. The van der Waals surface area contributed by atoms with Crippen LogP contribution in [0, 0.1) is 11.8 Å². The number of carbonyl (C=O) groups excluding carboxylic acids is 1. The largest absolute Gasteiger partial charge is 0.480 e. The number of aliphatic hydroxyl groups excluding tert-OH is 1. The summed E-state index contributed by atoms with van der Waals surface area (Å²) in [5.74, 6) is 1.12. The molecule has 6 N–H and O–H groups in total. The Labute approximate surface area is 109 Å². The van der Waals surface area contributed by atoms with Crippen LogP contribution < -0.4 is 11.1 Å². The Morgan fingerprint density at radius 2 is 1.84 bits per heavy atom. The van der Waals surface area contributed by atoms with Crippen molar-refractivity contribution in [1.82, 2.24) is 5.32 Å². The predicted octanol–water partition coefficient (Wildman–Crippen LogP) is -1.87. The number of hydrogen-bond donors (Lipinski definition) is 5. The third-order valence-corrected chi connectivity index (χ3v) is 2.19. The summed E-state index contributed by atoms with van der Waals surface area (Å²) in [4.78, 5) is 32.7. The summed E-state index contributed by atoms with van der Waals surface area (Å²) < 4.78 is 0. The Bertz CT molecular complexity index is 411. The average molecular weight is 272 g/mol. The first kappa shape index (κ1) is 16.9. The molecule has 0 fully saturated rings. The smallest absolute Gasteiger partial charge is 0.330 e. The number of rotatable bonds is 7. The fourth-order valence-electron chi connectivity index (χ4n) is 1.16. The van der Waals surface area contributed by atoms with Gasteiger partial charge in [-0.25, -0.2) is 4.79 Å². The molecule has 0 heterocycles. The molecule has 1 amide bonds. The van der Waals surface area contributed by atoms with Gasteiger partial charge in [-0.15, -0.1) is 5.92 Å². The maximum absolute atomic E-state index is 11.4. The van der Waals surface area contributed by atoms with Gasteiger partial charge in [-0.3, -0.25) is 9.59 Å². The molecular formula is C11H16N2O6. The highest BCUT2D eigenvalue weighted by Crippen LogP contribution is 1.99. The highest BCUT2D eigenvalue weighted by Gasteiger charge is 2.27. The zero-order valence-electron chi connectivity index (χ0n) is 10.3. The van der Waals surface area contributed by atoms with E-state index in [9.17, 15) is 19.5 Å². The van der Waals surface area contributed by atoms with E-state index in [-0.39, 0.29) is 12.8 Å². The standard InChI is InChI=1S/C11H16N2O6/c1-2-3-7(14)9(11(18)19)13-8(15)5-4-6(12)10(16)17/h6-7,9,14H,4-5,12H2,1H3,(H,13,15)(H,16,17)(H,18,19). The first-order valence-corrected chi connectivity index (χ1v) is 5.40. The normalized spacial score (nSPS) is 14.5. The summed E-state index contributed by atoms with van der Waals surface area (Å²) in [6.45, 7) is 1.41. The molecule has 0 aromatic rings. The van der Waals surface area contributed by atoms with E-state index in [0.29, 0.717) is 0 Å². The molecule has 0 aliphatic carbocycles. The van der Waals surface area contributed by atoms with Crippen molar-refractivity contribution >= 4 is 17.8 Å². The number of nitrogens with one attached hydrogen (secondary N) is 1. The van der Waals surface area contributed by atoms with Crippen molar-refractivity contribution in [2.24, 2.45) is 5.73 Å². The average Bonchev–Trinajstić information content (AvgIpc) is 2.32. The third-order valence-electron chi connectivity index (χ3n) is 2.19. The molecule has 0 aliphatic heterocycles. The second kappa shape index (κ2) is 8.07. The summed E-state index contributed by atoms with van der Waals surface area (Å²) in [6, 6.07) is -2.77. The van der Waals surface area contributed by atoms with Crippen molar-refractivity contribution in [1.29, 1.82) is 0 Å². The molecule has 0 aliphatic rings. The molecule has 106 valence electrons. The van der Waals surface area contributed by atoms with E-state index in [2.05, 4.69) is 17.2 Å². The lowest BCUT2D eigenvalue weighted by Crippen LogP contribution is -2.48. The van der Waals surface area contributed by atoms with Crippen molar-refractivity contribution in [2.75, 3.05) is 0 Å². The van der Waals surface area contributed by atoms with E-state index in [1.165, 1.54) is 6.92 Å². The first-order valence-electron chi connectivity index (χ1n) is 5.40. The number of amides is 1. The van der Waals surface area contributed by atoms with Gasteiger partial charge >= 0.3 is 11.9 Å². The Kier molecular flexibility index (Phi) is 7.18. The lowest BCUT2D eigenvalue weighted by molar-refractivity contribution is -0.144. The second-order valence-corrected chi connectivity index (χ2v) is 3.71. The van der Waals surface area contributed by atoms with E-state index in [4.69, 9.17) is 15.9 Å². The van der Waals surface area contributed by atoms with Crippen LogP contribution in [0.15, 0.2) is 0 Å². The Morgan fingerprint density at radius 1 is 1.26 bits per heavy atom. The molecule has 0 spiro atoms. The number of aliphatic carboxylic acids is 2. The minimum atomic E-state index is -1.57. The summed E-state index contributed by atoms with van der Waals surface area (Å²) in [5.41, 5.74) is 5.20. The molecule has 0 saturated heterocycles.